The normalized spacial score (nSPS) is 13.9. The van der Waals surface area contributed by atoms with Crippen LogP contribution in [0.5, 0.6) is 0 Å². The summed E-state index contributed by atoms with van der Waals surface area (Å²) in [7, 11) is 0. The minimum Gasteiger partial charge on any atom is -0.0795 e. The largest absolute Gasteiger partial charge is 0.0795 e. The van der Waals surface area contributed by atoms with Gasteiger partial charge in [0, 0.05) is 0 Å². The van der Waals surface area contributed by atoms with Crippen LogP contribution in [-0.4, -0.2) is 0 Å². The van der Waals surface area contributed by atoms with E-state index >= 15 is 0 Å². The molecule has 0 saturated heterocycles. The Kier molecular flexibility index (Phi) is 3.91. The number of allylic oxidation sites excluding steroid dienone is 2. The van der Waals surface area contributed by atoms with Crippen molar-refractivity contribution in [1.82, 2.24) is 0 Å². The van der Waals surface area contributed by atoms with Gasteiger partial charge in [0.15, 0.2) is 0 Å². The first-order valence-electron chi connectivity index (χ1n) is 10.2. The molecule has 0 unspecified atom stereocenters. The van der Waals surface area contributed by atoms with Crippen LogP contribution < -0.4 is 0 Å². The van der Waals surface area contributed by atoms with Crippen LogP contribution in [0.1, 0.15) is 44.5 Å². The molecule has 0 atom stereocenters. The van der Waals surface area contributed by atoms with Crippen molar-refractivity contribution in [3.63, 3.8) is 0 Å². The first-order chi connectivity index (χ1) is 13.5. The second kappa shape index (κ2) is 6.34. The van der Waals surface area contributed by atoms with Crippen LogP contribution in [0.15, 0.2) is 48.6 Å². The Labute approximate surface area is 168 Å². The summed E-state index contributed by atoms with van der Waals surface area (Å²) in [5.74, 6) is 0. The van der Waals surface area contributed by atoms with Crippen molar-refractivity contribution in [1.29, 1.82) is 0 Å². The lowest BCUT2D eigenvalue weighted by Gasteiger charge is -2.18. The third-order valence-corrected chi connectivity index (χ3v) is 6.39. The van der Waals surface area contributed by atoms with Crippen LogP contribution in [0, 0.1) is 27.7 Å². The molecule has 138 valence electrons. The van der Waals surface area contributed by atoms with Crippen LogP contribution in [0.25, 0.3) is 34.4 Å². The molecule has 0 radical (unpaired) electrons. The van der Waals surface area contributed by atoms with Crippen LogP contribution in [0.4, 0.5) is 0 Å². The monoisotopic (exact) mass is 362 g/mol. The van der Waals surface area contributed by atoms with Crippen LogP contribution >= 0.6 is 0 Å². The van der Waals surface area contributed by atoms with E-state index in [1.165, 1.54) is 66.8 Å². The van der Waals surface area contributed by atoms with Gasteiger partial charge >= 0.3 is 0 Å². The van der Waals surface area contributed by atoms with Gasteiger partial charge in [-0.05, 0) is 119 Å². The van der Waals surface area contributed by atoms with E-state index in [2.05, 4.69) is 88.4 Å². The molecule has 3 aromatic rings. The van der Waals surface area contributed by atoms with Crippen molar-refractivity contribution in [3.8, 4) is 22.3 Å². The van der Waals surface area contributed by atoms with Crippen molar-refractivity contribution >= 4 is 12.2 Å². The molecule has 5 rings (SSSR count). The fraction of sp³-hybridized carbons (Fsp3) is 0.214. The summed E-state index contributed by atoms with van der Waals surface area (Å²) in [6.45, 7) is 8.99. The topological polar surface area (TPSA) is 0 Å². The van der Waals surface area contributed by atoms with E-state index in [1.54, 1.807) is 0 Å². The van der Waals surface area contributed by atoms with Gasteiger partial charge < -0.3 is 0 Å². The number of rotatable bonds is 2. The number of hydrogen-bond acceptors (Lipinski definition) is 0. The van der Waals surface area contributed by atoms with Crippen LogP contribution in [0.2, 0.25) is 0 Å². The lowest BCUT2D eigenvalue weighted by molar-refractivity contribution is 1.27. The van der Waals surface area contributed by atoms with Gasteiger partial charge in [-0.2, -0.15) is 0 Å². The standard InChI is InChI=1S/C28H26/c1-17-11-21-7-5-9-23(21)15-27(17)25-13-20(4)26(14-19(25)3)28-16-24-10-6-8-22(24)12-18(28)2/h5-6,9-16H,7-8H2,1-4H3. The maximum absolute atomic E-state index is 2.39. The summed E-state index contributed by atoms with van der Waals surface area (Å²) in [6, 6.07) is 14.3. The highest BCUT2D eigenvalue weighted by atomic mass is 14.2. The fourth-order valence-electron chi connectivity index (χ4n) is 4.84. The zero-order valence-electron chi connectivity index (χ0n) is 17.2. The summed E-state index contributed by atoms with van der Waals surface area (Å²) in [5, 5.41) is 0. The first-order valence-corrected chi connectivity index (χ1v) is 10.2. The lowest BCUT2D eigenvalue weighted by atomic mass is 9.87. The molecule has 0 aliphatic heterocycles. The molecule has 2 aliphatic carbocycles. The molecular weight excluding hydrogens is 336 g/mol. The first kappa shape index (κ1) is 17.3. The summed E-state index contributed by atoms with van der Waals surface area (Å²) in [5.41, 5.74) is 16.6. The minimum atomic E-state index is 1.07. The Hall–Kier alpha value is -2.86. The van der Waals surface area contributed by atoms with Gasteiger partial charge in [-0.3, -0.25) is 0 Å². The lowest BCUT2D eigenvalue weighted by Crippen LogP contribution is -1.96. The molecule has 0 aromatic heterocycles. The zero-order chi connectivity index (χ0) is 19.4. The Balaban J connectivity index is 1.65. The van der Waals surface area contributed by atoms with Crippen molar-refractivity contribution in [2.24, 2.45) is 0 Å². The van der Waals surface area contributed by atoms with Gasteiger partial charge in [-0.1, -0.05) is 48.6 Å². The Bertz CT molecular complexity index is 1090. The Morgan fingerprint density at radius 3 is 1.25 bits per heavy atom. The highest BCUT2D eigenvalue weighted by Crippen LogP contribution is 2.38. The van der Waals surface area contributed by atoms with E-state index in [0.717, 1.165) is 12.8 Å². The zero-order valence-corrected chi connectivity index (χ0v) is 17.2. The van der Waals surface area contributed by atoms with E-state index in [4.69, 9.17) is 0 Å². The van der Waals surface area contributed by atoms with Gasteiger partial charge in [0.2, 0.25) is 0 Å². The average Bonchev–Trinajstić information content (AvgIpc) is 3.30. The second-order valence-corrected chi connectivity index (χ2v) is 8.43. The highest BCUT2D eigenvalue weighted by Gasteiger charge is 2.16. The maximum atomic E-state index is 2.39. The SMILES string of the molecule is Cc1cc(-c2cc3c(cc2C)CC=C3)c(C)cc1-c1cc2c(cc1C)CC=C2. The average molecular weight is 363 g/mol. The highest BCUT2D eigenvalue weighted by molar-refractivity contribution is 5.82. The quantitative estimate of drug-likeness (QED) is 0.446. The molecule has 3 aromatic carbocycles. The number of aryl methyl sites for hydroxylation is 4. The van der Waals surface area contributed by atoms with E-state index in [9.17, 15) is 0 Å². The van der Waals surface area contributed by atoms with E-state index in [-0.39, 0.29) is 0 Å². The Morgan fingerprint density at radius 2 is 0.821 bits per heavy atom. The van der Waals surface area contributed by atoms with E-state index in [0.29, 0.717) is 0 Å². The molecule has 0 N–H and O–H groups in total. The summed E-state index contributed by atoms with van der Waals surface area (Å²) in [4.78, 5) is 0. The molecule has 0 fully saturated rings. The van der Waals surface area contributed by atoms with E-state index in [1.807, 2.05) is 0 Å². The van der Waals surface area contributed by atoms with Crippen molar-refractivity contribution in [3.05, 3.63) is 93.1 Å². The number of fused-ring (bicyclic) bond motifs is 2. The molecule has 0 heteroatoms. The van der Waals surface area contributed by atoms with Gasteiger partial charge in [0.1, 0.15) is 0 Å². The van der Waals surface area contributed by atoms with Gasteiger partial charge in [0.25, 0.3) is 0 Å². The predicted molar refractivity (Wildman–Crippen MR) is 122 cm³/mol. The molecule has 28 heavy (non-hydrogen) atoms. The summed E-state index contributed by atoms with van der Waals surface area (Å²) < 4.78 is 0. The van der Waals surface area contributed by atoms with Gasteiger partial charge in [0.05, 0.1) is 0 Å². The molecule has 0 bridgehead atoms. The van der Waals surface area contributed by atoms with Gasteiger partial charge in [-0.15, -0.1) is 0 Å². The number of benzene rings is 3. The van der Waals surface area contributed by atoms with Gasteiger partial charge in [-0.25, -0.2) is 0 Å². The number of hydrogen-bond donors (Lipinski definition) is 0. The molecule has 0 saturated carbocycles. The smallest absolute Gasteiger partial charge is 0.00881 e. The molecule has 0 heterocycles. The Morgan fingerprint density at radius 1 is 0.464 bits per heavy atom. The van der Waals surface area contributed by atoms with Crippen LogP contribution in [0.3, 0.4) is 0 Å². The fourth-order valence-corrected chi connectivity index (χ4v) is 4.84. The third kappa shape index (κ3) is 2.67. The molecular formula is C28H26. The van der Waals surface area contributed by atoms with Crippen LogP contribution in [-0.2, 0) is 12.8 Å². The van der Waals surface area contributed by atoms with Crippen molar-refractivity contribution < 1.29 is 0 Å². The minimum absolute atomic E-state index is 1.07. The predicted octanol–water partition coefficient (Wildman–Crippen LogP) is 7.39. The maximum Gasteiger partial charge on any atom is -0.00881 e. The molecule has 0 amide bonds. The second-order valence-electron chi connectivity index (χ2n) is 8.43. The van der Waals surface area contributed by atoms with E-state index < -0.39 is 0 Å². The molecule has 0 spiro atoms. The third-order valence-electron chi connectivity index (χ3n) is 6.39. The summed E-state index contributed by atoms with van der Waals surface area (Å²) in [6.07, 6.45) is 11.2. The molecule has 2 aliphatic rings. The molecule has 0 nitrogen and oxygen atoms in total. The van der Waals surface area contributed by atoms with Crippen molar-refractivity contribution in [2.75, 3.05) is 0 Å². The van der Waals surface area contributed by atoms with Crippen molar-refractivity contribution in [2.45, 2.75) is 40.5 Å². The summed E-state index contributed by atoms with van der Waals surface area (Å²) >= 11 is 0.